The summed E-state index contributed by atoms with van der Waals surface area (Å²) < 4.78 is 0. The first-order valence-corrected chi connectivity index (χ1v) is 8.92. The molecule has 0 saturated heterocycles. The van der Waals surface area contributed by atoms with Crippen molar-refractivity contribution in [3.8, 4) is 0 Å². The van der Waals surface area contributed by atoms with E-state index < -0.39 is 5.97 Å². The molecule has 2 aliphatic rings. The minimum atomic E-state index is -0.865. The Balaban J connectivity index is 2.27. The third-order valence-corrected chi connectivity index (χ3v) is 6.96. The molecule has 0 aliphatic heterocycles. The largest absolute Gasteiger partial charge is 0.478 e. The predicted octanol–water partition coefficient (Wildman–Crippen LogP) is 4.57. The van der Waals surface area contributed by atoms with Gasteiger partial charge in [0.2, 0.25) is 0 Å². The molecule has 2 aliphatic carbocycles. The summed E-state index contributed by atoms with van der Waals surface area (Å²) in [5.74, 6) is 0.0314. The van der Waals surface area contributed by atoms with Gasteiger partial charge < -0.3 is 10.2 Å². The summed E-state index contributed by atoms with van der Waals surface area (Å²) in [6.07, 6.45) is 10.0. The number of aliphatic hydroxyl groups excluding tert-OH is 1. The highest BCUT2D eigenvalue weighted by Crippen LogP contribution is 2.61. The quantitative estimate of drug-likeness (QED) is 0.576. The third-order valence-electron chi connectivity index (χ3n) is 6.96. The van der Waals surface area contributed by atoms with Gasteiger partial charge in [0.25, 0.3) is 0 Å². The molecule has 0 spiro atoms. The molecule has 0 radical (unpaired) electrons. The van der Waals surface area contributed by atoms with E-state index in [1.807, 2.05) is 6.92 Å². The van der Waals surface area contributed by atoms with Crippen molar-refractivity contribution in [1.82, 2.24) is 0 Å². The van der Waals surface area contributed by atoms with E-state index >= 15 is 0 Å². The first kappa shape index (κ1) is 18.3. The number of allylic oxidation sites excluding steroid dienone is 3. The van der Waals surface area contributed by atoms with Crippen LogP contribution in [0, 0.1) is 22.7 Å². The molecule has 0 aromatic heterocycles. The Morgan fingerprint density at radius 1 is 1.39 bits per heavy atom. The van der Waals surface area contributed by atoms with Gasteiger partial charge in [-0.3, -0.25) is 0 Å². The van der Waals surface area contributed by atoms with Crippen LogP contribution in [-0.2, 0) is 4.79 Å². The number of carboxylic acids is 1. The summed E-state index contributed by atoms with van der Waals surface area (Å²) in [6, 6.07) is 0. The molecule has 1 fully saturated rings. The van der Waals surface area contributed by atoms with Crippen LogP contribution in [0.3, 0.4) is 0 Å². The molecular weight excluding hydrogens is 288 g/mol. The maximum Gasteiger partial charge on any atom is 0.328 e. The number of carboxylic acid groups (broad SMARTS) is 1. The van der Waals surface area contributed by atoms with Gasteiger partial charge >= 0.3 is 5.97 Å². The van der Waals surface area contributed by atoms with Gasteiger partial charge in [0.15, 0.2) is 0 Å². The zero-order chi connectivity index (χ0) is 17.3. The van der Waals surface area contributed by atoms with E-state index in [2.05, 4.69) is 26.8 Å². The van der Waals surface area contributed by atoms with Crippen LogP contribution in [0.4, 0.5) is 0 Å². The Bertz CT molecular complexity index is 519. The van der Waals surface area contributed by atoms with Crippen molar-refractivity contribution in [3.05, 3.63) is 23.3 Å². The van der Waals surface area contributed by atoms with Crippen LogP contribution in [0.1, 0.15) is 66.2 Å². The minimum absolute atomic E-state index is 0.0743. The van der Waals surface area contributed by atoms with Crippen molar-refractivity contribution in [2.45, 2.75) is 66.2 Å². The van der Waals surface area contributed by atoms with Crippen molar-refractivity contribution < 1.29 is 15.0 Å². The molecule has 130 valence electrons. The summed E-state index contributed by atoms with van der Waals surface area (Å²) in [5.41, 5.74) is 2.74. The van der Waals surface area contributed by atoms with Crippen LogP contribution in [0.2, 0.25) is 0 Å². The number of rotatable bonds is 5. The molecule has 0 heterocycles. The Hall–Kier alpha value is -1.09. The van der Waals surface area contributed by atoms with Crippen LogP contribution in [0.25, 0.3) is 0 Å². The van der Waals surface area contributed by atoms with E-state index in [9.17, 15) is 9.90 Å². The Morgan fingerprint density at radius 2 is 2.09 bits per heavy atom. The molecule has 0 aromatic rings. The summed E-state index contributed by atoms with van der Waals surface area (Å²) in [4.78, 5) is 10.9. The summed E-state index contributed by atoms with van der Waals surface area (Å²) in [5, 5.41) is 18.9. The second-order valence-electron chi connectivity index (χ2n) is 8.19. The molecule has 3 heteroatoms. The second kappa shape index (κ2) is 6.80. The maximum atomic E-state index is 10.9. The van der Waals surface area contributed by atoms with Crippen LogP contribution >= 0.6 is 0 Å². The minimum Gasteiger partial charge on any atom is -0.478 e. The zero-order valence-corrected chi connectivity index (χ0v) is 15.1. The predicted molar refractivity (Wildman–Crippen MR) is 93.1 cm³/mol. The van der Waals surface area contributed by atoms with Gasteiger partial charge in [0.05, 0.1) is 0 Å². The standard InChI is InChI=1S/C20H32O3/c1-14(12-18(22)23)8-10-20(4)16(13-21)9-11-19(3)15(2)6-5-7-17(19)20/h6,12,16-17,21H,5,7-11,13H2,1-4H3,(H,22,23)/b14-12-/t16-,17-,19-,20-/m0/s1. The molecule has 3 nitrogen and oxygen atoms in total. The van der Waals surface area contributed by atoms with Crippen molar-refractivity contribution >= 4 is 5.97 Å². The molecule has 0 bridgehead atoms. The molecular formula is C20H32O3. The van der Waals surface area contributed by atoms with Crippen molar-refractivity contribution in [2.75, 3.05) is 6.61 Å². The average Bonchev–Trinajstić information content (AvgIpc) is 2.47. The average molecular weight is 320 g/mol. The number of aliphatic carboxylic acids is 1. The lowest BCUT2D eigenvalue weighted by Crippen LogP contribution is -2.51. The lowest BCUT2D eigenvalue weighted by Gasteiger charge is -2.58. The fourth-order valence-electron chi connectivity index (χ4n) is 5.24. The molecule has 23 heavy (non-hydrogen) atoms. The van der Waals surface area contributed by atoms with Gasteiger partial charge in [-0.15, -0.1) is 0 Å². The van der Waals surface area contributed by atoms with Crippen molar-refractivity contribution in [3.63, 3.8) is 0 Å². The molecule has 0 aromatic carbocycles. The molecule has 1 saturated carbocycles. The fraction of sp³-hybridized carbons (Fsp3) is 0.750. The Kier molecular flexibility index (Phi) is 5.40. The molecule has 0 amide bonds. The summed E-state index contributed by atoms with van der Waals surface area (Å²) >= 11 is 0. The van der Waals surface area contributed by atoms with E-state index in [1.54, 1.807) is 0 Å². The van der Waals surface area contributed by atoms with Crippen molar-refractivity contribution in [2.24, 2.45) is 22.7 Å². The summed E-state index contributed by atoms with van der Waals surface area (Å²) in [7, 11) is 0. The third kappa shape index (κ3) is 3.40. The Morgan fingerprint density at radius 3 is 2.70 bits per heavy atom. The van der Waals surface area contributed by atoms with Gasteiger partial charge in [0.1, 0.15) is 0 Å². The topological polar surface area (TPSA) is 57.5 Å². The van der Waals surface area contributed by atoms with Crippen molar-refractivity contribution in [1.29, 1.82) is 0 Å². The summed E-state index contributed by atoms with van der Waals surface area (Å²) in [6.45, 7) is 9.14. The van der Waals surface area contributed by atoms with E-state index in [-0.39, 0.29) is 17.4 Å². The van der Waals surface area contributed by atoms with Gasteiger partial charge in [-0.1, -0.05) is 31.1 Å². The first-order valence-electron chi connectivity index (χ1n) is 8.92. The fourth-order valence-corrected chi connectivity index (χ4v) is 5.24. The molecule has 0 unspecified atom stereocenters. The zero-order valence-electron chi connectivity index (χ0n) is 15.1. The number of hydrogen-bond donors (Lipinski definition) is 2. The smallest absolute Gasteiger partial charge is 0.328 e. The van der Waals surface area contributed by atoms with E-state index in [1.165, 1.54) is 18.1 Å². The highest BCUT2D eigenvalue weighted by molar-refractivity contribution is 5.80. The molecule has 2 N–H and O–H groups in total. The van der Waals surface area contributed by atoms with Crippen LogP contribution in [0.15, 0.2) is 23.3 Å². The van der Waals surface area contributed by atoms with Gasteiger partial charge in [-0.05, 0) is 75.0 Å². The number of fused-ring (bicyclic) bond motifs is 1. The van der Waals surface area contributed by atoms with Gasteiger partial charge in [-0.2, -0.15) is 0 Å². The molecule has 2 rings (SSSR count). The number of carbonyl (C=O) groups is 1. The second-order valence-corrected chi connectivity index (χ2v) is 8.19. The SMILES string of the molecule is CC1=CCC[C@@H]2[C@@](C)(CC/C(C)=C\C(=O)O)[C@H](CO)CC[C@@]12C. The Labute approximate surface area is 140 Å². The number of aliphatic hydroxyl groups is 1. The highest BCUT2D eigenvalue weighted by atomic mass is 16.4. The van der Waals surface area contributed by atoms with E-state index in [0.29, 0.717) is 11.8 Å². The monoisotopic (exact) mass is 320 g/mol. The first-order chi connectivity index (χ1) is 10.7. The van der Waals surface area contributed by atoms with Crippen LogP contribution in [-0.4, -0.2) is 22.8 Å². The lowest BCUT2D eigenvalue weighted by molar-refractivity contribution is -0.131. The maximum absolute atomic E-state index is 10.9. The number of hydrogen-bond acceptors (Lipinski definition) is 2. The van der Waals surface area contributed by atoms with Crippen LogP contribution < -0.4 is 0 Å². The van der Waals surface area contributed by atoms with Gasteiger partial charge in [-0.25, -0.2) is 4.79 Å². The van der Waals surface area contributed by atoms with E-state index in [4.69, 9.17) is 5.11 Å². The lowest BCUT2D eigenvalue weighted by atomic mass is 9.46. The van der Waals surface area contributed by atoms with Crippen LogP contribution in [0.5, 0.6) is 0 Å². The van der Waals surface area contributed by atoms with E-state index in [0.717, 1.165) is 37.7 Å². The normalized spacial score (nSPS) is 38.0. The van der Waals surface area contributed by atoms with Gasteiger partial charge in [0, 0.05) is 12.7 Å². The molecule has 4 atom stereocenters. The highest BCUT2D eigenvalue weighted by Gasteiger charge is 2.53.